The van der Waals surface area contributed by atoms with Gasteiger partial charge in [-0.15, -0.1) is 0 Å². The van der Waals surface area contributed by atoms with Crippen LogP contribution in [0.15, 0.2) is 36.5 Å². The van der Waals surface area contributed by atoms with Crippen LogP contribution in [0.4, 0.5) is 5.82 Å². The number of ether oxygens (including phenoxy) is 2. The summed E-state index contributed by atoms with van der Waals surface area (Å²) in [4.78, 5) is 6.97. The number of benzene rings is 1. The molecule has 4 heteroatoms. The molecule has 4 nitrogen and oxygen atoms in total. The van der Waals surface area contributed by atoms with Gasteiger partial charge in [0.2, 0.25) is 0 Å². The molecule has 1 unspecified atom stereocenters. The summed E-state index contributed by atoms with van der Waals surface area (Å²) in [6, 6.07) is 10.5. The fourth-order valence-electron chi connectivity index (χ4n) is 3.22. The number of hydrogen-bond donors (Lipinski definition) is 0. The van der Waals surface area contributed by atoms with E-state index in [1.54, 1.807) is 14.2 Å². The first-order valence-corrected chi connectivity index (χ1v) is 7.64. The van der Waals surface area contributed by atoms with Crippen molar-refractivity contribution in [2.24, 2.45) is 0 Å². The van der Waals surface area contributed by atoms with Gasteiger partial charge in [-0.3, -0.25) is 0 Å². The topological polar surface area (TPSA) is 34.6 Å². The molecule has 0 N–H and O–H groups in total. The van der Waals surface area contributed by atoms with Crippen LogP contribution in [0.1, 0.15) is 30.0 Å². The Morgan fingerprint density at radius 3 is 2.77 bits per heavy atom. The molecule has 1 atom stereocenters. The fourth-order valence-corrected chi connectivity index (χ4v) is 3.22. The van der Waals surface area contributed by atoms with Crippen LogP contribution in [0.25, 0.3) is 0 Å². The lowest BCUT2D eigenvalue weighted by molar-refractivity contribution is 0.388. The SMILES string of the molecule is COc1ccc(C2CCCN2c2ncccc2C)c(OC)c1. The van der Waals surface area contributed by atoms with Crippen LogP contribution in [-0.2, 0) is 0 Å². The third-order valence-corrected chi connectivity index (χ3v) is 4.31. The largest absolute Gasteiger partial charge is 0.497 e. The zero-order valence-corrected chi connectivity index (χ0v) is 13.4. The van der Waals surface area contributed by atoms with Gasteiger partial charge in [-0.25, -0.2) is 4.98 Å². The molecular formula is C18H22N2O2. The minimum Gasteiger partial charge on any atom is -0.497 e. The summed E-state index contributed by atoms with van der Waals surface area (Å²) in [6.45, 7) is 3.14. The van der Waals surface area contributed by atoms with Gasteiger partial charge in [-0.2, -0.15) is 0 Å². The summed E-state index contributed by atoms with van der Waals surface area (Å²) in [7, 11) is 3.39. The van der Waals surface area contributed by atoms with E-state index in [1.165, 1.54) is 11.1 Å². The van der Waals surface area contributed by atoms with Gasteiger partial charge in [0, 0.05) is 24.4 Å². The van der Waals surface area contributed by atoms with Crippen molar-refractivity contribution >= 4 is 5.82 Å². The Hall–Kier alpha value is -2.23. The molecule has 1 saturated heterocycles. The van der Waals surface area contributed by atoms with Crippen LogP contribution in [0.5, 0.6) is 11.5 Å². The van der Waals surface area contributed by atoms with Crippen molar-refractivity contribution in [1.82, 2.24) is 4.98 Å². The third-order valence-electron chi connectivity index (χ3n) is 4.31. The summed E-state index contributed by atoms with van der Waals surface area (Å²) in [5.74, 6) is 2.77. The smallest absolute Gasteiger partial charge is 0.131 e. The van der Waals surface area contributed by atoms with Gasteiger partial charge < -0.3 is 14.4 Å². The van der Waals surface area contributed by atoms with Gasteiger partial charge in [0.1, 0.15) is 17.3 Å². The van der Waals surface area contributed by atoms with Gasteiger partial charge in [-0.05, 0) is 43.5 Å². The Kier molecular flexibility index (Phi) is 4.18. The van der Waals surface area contributed by atoms with Crippen molar-refractivity contribution in [3.05, 3.63) is 47.7 Å². The van der Waals surface area contributed by atoms with Crippen molar-refractivity contribution in [1.29, 1.82) is 0 Å². The van der Waals surface area contributed by atoms with Crippen molar-refractivity contribution in [3.63, 3.8) is 0 Å². The summed E-state index contributed by atoms with van der Waals surface area (Å²) in [5.41, 5.74) is 2.41. The average molecular weight is 298 g/mol. The molecule has 1 fully saturated rings. The second-order valence-electron chi connectivity index (χ2n) is 5.60. The van der Waals surface area contributed by atoms with Crippen LogP contribution in [0.2, 0.25) is 0 Å². The highest BCUT2D eigenvalue weighted by Crippen LogP contribution is 2.41. The fraction of sp³-hybridized carbons (Fsp3) is 0.389. The molecule has 1 aromatic heterocycles. The van der Waals surface area contributed by atoms with Gasteiger partial charge in [0.15, 0.2) is 0 Å². The molecule has 0 radical (unpaired) electrons. The Bertz CT molecular complexity index is 657. The van der Waals surface area contributed by atoms with Crippen molar-refractivity contribution in [3.8, 4) is 11.5 Å². The molecule has 3 rings (SSSR count). The van der Waals surface area contributed by atoms with Crippen LogP contribution in [-0.4, -0.2) is 25.7 Å². The predicted molar refractivity (Wildman–Crippen MR) is 87.8 cm³/mol. The van der Waals surface area contributed by atoms with Gasteiger partial charge in [0.05, 0.1) is 20.3 Å². The lowest BCUT2D eigenvalue weighted by atomic mass is 10.0. The maximum Gasteiger partial charge on any atom is 0.131 e. The monoisotopic (exact) mass is 298 g/mol. The number of anilines is 1. The Balaban J connectivity index is 1.98. The van der Waals surface area contributed by atoms with E-state index in [4.69, 9.17) is 9.47 Å². The number of methoxy groups -OCH3 is 2. The number of hydrogen-bond acceptors (Lipinski definition) is 4. The Labute approximate surface area is 131 Å². The lowest BCUT2D eigenvalue weighted by Crippen LogP contribution is -2.24. The molecule has 2 heterocycles. The molecule has 1 aliphatic rings. The van der Waals surface area contributed by atoms with Crippen molar-refractivity contribution in [2.45, 2.75) is 25.8 Å². The van der Waals surface area contributed by atoms with E-state index < -0.39 is 0 Å². The zero-order chi connectivity index (χ0) is 15.5. The van der Waals surface area contributed by atoms with Crippen LogP contribution in [0.3, 0.4) is 0 Å². The van der Waals surface area contributed by atoms with E-state index >= 15 is 0 Å². The second-order valence-corrected chi connectivity index (χ2v) is 5.60. The summed E-state index contributed by atoms with van der Waals surface area (Å²) in [6.07, 6.45) is 4.14. The minimum atomic E-state index is 0.300. The summed E-state index contributed by atoms with van der Waals surface area (Å²) in [5, 5.41) is 0. The predicted octanol–water partition coefficient (Wildman–Crippen LogP) is 3.75. The van der Waals surface area contributed by atoms with Gasteiger partial charge >= 0.3 is 0 Å². The molecule has 22 heavy (non-hydrogen) atoms. The van der Waals surface area contributed by atoms with E-state index in [2.05, 4.69) is 28.9 Å². The zero-order valence-electron chi connectivity index (χ0n) is 13.4. The highest BCUT2D eigenvalue weighted by molar-refractivity contribution is 5.52. The number of nitrogens with zero attached hydrogens (tertiary/aromatic N) is 2. The average Bonchev–Trinajstić information content (AvgIpc) is 3.03. The van der Waals surface area contributed by atoms with E-state index in [0.29, 0.717) is 6.04 Å². The summed E-state index contributed by atoms with van der Waals surface area (Å²) < 4.78 is 10.9. The number of aromatic nitrogens is 1. The quantitative estimate of drug-likeness (QED) is 0.861. The molecule has 0 saturated carbocycles. The van der Waals surface area contributed by atoms with Crippen LogP contribution >= 0.6 is 0 Å². The Morgan fingerprint density at radius 2 is 2.05 bits per heavy atom. The highest BCUT2D eigenvalue weighted by atomic mass is 16.5. The maximum absolute atomic E-state index is 5.59. The minimum absolute atomic E-state index is 0.300. The molecule has 116 valence electrons. The highest BCUT2D eigenvalue weighted by Gasteiger charge is 2.30. The van der Waals surface area contributed by atoms with E-state index in [9.17, 15) is 0 Å². The second kappa shape index (κ2) is 6.26. The molecular weight excluding hydrogens is 276 g/mol. The molecule has 1 aromatic carbocycles. The first-order chi connectivity index (χ1) is 10.7. The number of pyridine rings is 1. The number of rotatable bonds is 4. The van der Waals surface area contributed by atoms with Crippen molar-refractivity contribution < 1.29 is 9.47 Å². The molecule has 0 amide bonds. The van der Waals surface area contributed by atoms with E-state index in [0.717, 1.165) is 36.7 Å². The first-order valence-electron chi connectivity index (χ1n) is 7.64. The third kappa shape index (κ3) is 2.61. The molecule has 1 aliphatic heterocycles. The van der Waals surface area contributed by atoms with E-state index in [1.807, 2.05) is 24.4 Å². The number of aryl methyl sites for hydroxylation is 1. The molecule has 2 aromatic rings. The first kappa shape index (κ1) is 14.7. The van der Waals surface area contributed by atoms with E-state index in [-0.39, 0.29) is 0 Å². The van der Waals surface area contributed by atoms with Crippen LogP contribution < -0.4 is 14.4 Å². The van der Waals surface area contributed by atoms with Crippen molar-refractivity contribution in [2.75, 3.05) is 25.7 Å². The standard InChI is InChI=1S/C18H22N2O2/c1-13-6-4-10-19-18(13)20-11-5-7-16(20)15-9-8-14(21-2)12-17(15)22-3/h4,6,8-10,12,16H,5,7,11H2,1-3H3. The van der Waals surface area contributed by atoms with Gasteiger partial charge in [0.25, 0.3) is 0 Å². The molecule has 0 aliphatic carbocycles. The maximum atomic E-state index is 5.59. The Morgan fingerprint density at radius 1 is 1.18 bits per heavy atom. The van der Waals surface area contributed by atoms with Crippen LogP contribution in [0, 0.1) is 6.92 Å². The molecule has 0 bridgehead atoms. The molecule has 0 spiro atoms. The normalized spacial score (nSPS) is 17.6. The summed E-state index contributed by atoms with van der Waals surface area (Å²) >= 11 is 0. The lowest BCUT2D eigenvalue weighted by Gasteiger charge is -2.28. The van der Waals surface area contributed by atoms with Gasteiger partial charge in [-0.1, -0.05) is 6.07 Å².